The Hall–Kier alpha value is -4.17. The topological polar surface area (TPSA) is 132 Å². The van der Waals surface area contributed by atoms with Gasteiger partial charge in [-0.05, 0) is 42.0 Å². The first-order valence-electron chi connectivity index (χ1n) is 12.5. The van der Waals surface area contributed by atoms with E-state index in [0.717, 1.165) is 18.2 Å². The summed E-state index contributed by atoms with van der Waals surface area (Å²) in [7, 11) is -2.98. The average Bonchev–Trinajstić information content (AvgIpc) is 3.54. The molecule has 220 valence electrons. The fraction of sp³-hybridized carbons (Fsp3) is 0.259. The quantitative estimate of drug-likeness (QED) is 0.286. The molecule has 2 aromatic heterocycles. The molecular weight excluding hydrogens is 599 g/mol. The van der Waals surface area contributed by atoms with E-state index in [4.69, 9.17) is 16.3 Å². The van der Waals surface area contributed by atoms with Gasteiger partial charge in [0.05, 0.1) is 41.3 Å². The smallest absolute Gasteiger partial charge is 0.270 e. The van der Waals surface area contributed by atoms with Crippen molar-refractivity contribution < 1.29 is 31.1 Å². The van der Waals surface area contributed by atoms with Crippen molar-refractivity contribution in [1.29, 1.82) is 0 Å². The first-order valence-corrected chi connectivity index (χ1v) is 14.3. The minimum Gasteiger partial charge on any atom is -0.480 e. The zero-order chi connectivity index (χ0) is 30.4. The van der Waals surface area contributed by atoms with Crippen molar-refractivity contribution in [3.05, 3.63) is 76.2 Å². The lowest BCUT2D eigenvalue weighted by Gasteiger charge is -2.15. The standard InChI is InChI=1S/C27H23ClF3N5O5S/c1-14(24(37)34-23-10-27(23,30)31)12-36-13-33-20-5-3-15(7-18(20)26(36)38)16-8-21(25(41-2)32-11-16)35-42(39,40)22-6-4-17(29)9-19(22)28/h3-9,11,13-14,23,35H,10,12H2,1-2H3,(H,34,37). The summed E-state index contributed by atoms with van der Waals surface area (Å²) in [5.74, 6) is -5.04. The summed E-state index contributed by atoms with van der Waals surface area (Å²) in [6, 6.07) is 7.89. The molecular formula is C27H23ClF3N5O5S. The van der Waals surface area contributed by atoms with E-state index in [2.05, 4.69) is 20.0 Å². The van der Waals surface area contributed by atoms with Crippen LogP contribution in [0.3, 0.4) is 0 Å². The summed E-state index contributed by atoms with van der Waals surface area (Å²) in [4.78, 5) is 33.7. The number of halogens is 4. The number of hydrogen-bond donors (Lipinski definition) is 2. The number of pyridine rings is 1. The van der Waals surface area contributed by atoms with Gasteiger partial charge in [-0.1, -0.05) is 24.6 Å². The Labute approximate surface area is 242 Å². The maximum atomic E-state index is 13.5. The van der Waals surface area contributed by atoms with Gasteiger partial charge in [0.15, 0.2) is 0 Å². The van der Waals surface area contributed by atoms with Crippen LogP contribution in [0, 0.1) is 11.7 Å². The van der Waals surface area contributed by atoms with Gasteiger partial charge < -0.3 is 10.1 Å². The second-order valence-corrected chi connectivity index (χ2v) is 11.9. The first-order chi connectivity index (χ1) is 19.8. The Balaban J connectivity index is 1.44. The van der Waals surface area contributed by atoms with Crippen molar-refractivity contribution in [3.63, 3.8) is 0 Å². The molecule has 42 heavy (non-hydrogen) atoms. The predicted octanol–water partition coefficient (Wildman–Crippen LogP) is 4.22. The lowest BCUT2D eigenvalue weighted by molar-refractivity contribution is -0.125. The van der Waals surface area contributed by atoms with E-state index in [1.54, 1.807) is 12.1 Å². The van der Waals surface area contributed by atoms with Gasteiger partial charge in [-0.2, -0.15) is 0 Å². The van der Waals surface area contributed by atoms with Crippen LogP contribution >= 0.6 is 11.6 Å². The molecule has 2 heterocycles. The number of sulfonamides is 1. The third kappa shape index (κ3) is 5.90. The number of rotatable bonds is 9. The van der Waals surface area contributed by atoms with Gasteiger partial charge in [0, 0.05) is 24.7 Å². The van der Waals surface area contributed by atoms with Crippen molar-refractivity contribution in [1.82, 2.24) is 19.9 Å². The zero-order valence-corrected chi connectivity index (χ0v) is 23.6. The second-order valence-electron chi connectivity index (χ2n) is 9.82. The second kappa shape index (κ2) is 10.9. The molecule has 10 nitrogen and oxygen atoms in total. The molecule has 2 atom stereocenters. The Bertz CT molecular complexity index is 1890. The maximum absolute atomic E-state index is 13.5. The van der Waals surface area contributed by atoms with Gasteiger partial charge in [-0.15, -0.1) is 0 Å². The van der Waals surface area contributed by atoms with Gasteiger partial charge in [-0.3, -0.25) is 18.9 Å². The Morgan fingerprint density at radius 2 is 1.93 bits per heavy atom. The van der Waals surface area contributed by atoms with Crippen LogP contribution in [0.2, 0.25) is 5.02 Å². The molecule has 5 rings (SSSR count). The molecule has 1 aliphatic rings. The molecule has 4 aromatic rings. The van der Waals surface area contributed by atoms with Gasteiger partial charge in [0.25, 0.3) is 21.5 Å². The monoisotopic (exact) mass is 621 g/mol. The van der Waals surface area contributed by atoms with Crippen molar-refractivity contribution >= 4 is 44.1 Å². The highest BCUT2D eigenvalue weighted by molar-refractivity contribution is 7.92. The number of methoxy groups -OCH3 is 1. The number of aromatic nitrogens is 3. The van der Waals surface area contributed by atoms with E-state index in [1.165, 1.54) is 43.3 Å². The number of hydrogen-bond acceptors (Lipinski definition) is 7. The number of carbonyl (C=O) groups is 1. The minimum absolute atomic E-state index is 0.0415. The fourth-order valence-corrected chi connectivity index (χ4v) is 5.85. The van der Waals surface area contributed by atoms with Gasteiger partial charge >= 0.3 is 0 Å². The van der Waals surface area contributed by atoms with Gasteiger partial charge in [0.1, 0.15) is 16.4 Å². The highest BCUT2D eigenvalue weighted by atomic mass is 35.5. The number of nitrogens with one attached hydrogen (secondary N) is 2. The Morgan fingerprint density at radius 1 is 1.19 bits per heavy atom. The molecule has 0 spiro atoms. The number of nitrogens with zero attached hydrogens (tertiary/aromatic N) is 3. The molecule has 0 aliphatic heterocycles. The van der Waals surface area contributed by atoms with E-state index < -0.39 is 51.6 Å². The number of fused-ring (bicyclic) bond motifs is 1. The molecule has 1 saturated carbocycles. The number of anilines is 1. The molecule has 15 heteroatoms. The van der Waals surface area contributed by atoms with Crippen LogP contribution < -0.4 is 20.3 Å². The maximum Gasteiger partial charge on any atom is 0.270 e. The van der Waals surface area contributed by atoms with Crippen LogP contribution in [-0.2, 0) is 21.4 Å². The summed E-state index contributed by atoms with van der Waals surface area (Å²) in [5, 5.41) is 2.17. The summed E-state index contributed by atoms with van der Waals surface area (Å²) < 4.78 is 74.6. The molecule has 1 aliphatic carbocycles. The Morgan fingerprint density at radius 3 is 2.60 bits per heavy atom. The van der Waals surface area contributed by atoms with Gasteiger partial charge in [0.2, 0.25) is 11.8 Å². The SMILES string of the molecule is COc1ncc(-c2ccc3ncn(CC(C)C(=O)NC4CC4(F)F)c(=O)c3c2)cc1NS(=O)(=O)c1ccc(F)cc1Cl. The summed E-state index contributed by atoms with van der Waals surface area (Å²) in [5.41, 5.74) is 0.750. The number of amides is 1. The third-order valence-corrected chi connectivity index (χ3v) is 8.54. The lowest BCUT2D eigenvalue weighted by atomic mass is 10.0. The van der Waals surface area contributed by atoms with Crippen LogP contribution in [-0.4, -0.2) is 47.9 Å². The Kier molecular flexibility index (Phi) is 7.62. The van der Waals surface area contributed by atoms with E-state index in [1.807, 2.05) is 0 Å². The van der Waals surface area contributed by atoms with Crippen LogP contribution in [0.1, 0.15) is 13.3 Å². The van der Waals surface area contributed by atoms with Crippen LogP contribution in [0.15, 0.2) is 64.7 Å². The highest BCUT2D eigenvalue weighted by Gasteiger charge is 2.58. The third-order valence-electron chi connectivity index (χ3n) is 6.69. The lowest BCUT2D eigenvalue weighted by Crippen LogP contribution is -2.37. The van der Waals surface area contributed by atoms with E-state index in [9.17, 15) is 31.2 Å². The molecule has 0 radical (unpaired) electrons. The molecule has 2 N–H and O–H groups in total. The van der Waals surface area contributed by atoms with E-state index in [-0.39, 0.29) is 33.4 Å². The van der Waals surface area contributed by atoms with Crippen LogP contribution in [0.4, 0.5) is 18.9 Å². The molecule has 0 bridgehead atoms. The largest absolute Gasteiger partial charge is 0.480 e. The number of carbonyl (C=O) groups excluding carboxylic acids is 1. The van der Waals surface area contributed by atoms with Gasteiger partial charge in [-0.25, -0.2) is 31.6 Å². The van der Waals surface area contributed by atoms with Crippen molar-refractivity contribution in [2.45, 2.75) is 36.7 Å². The number of alkyl halides is 2. The average molecular weight is 622 g/mol. The molecule has 2 aromatic carbocycles. The molecule has 1 amide bonds. The van der Waals surface area contributed by atoms with Crippen molar-refractivity contribution in [2.24, 2.45) is 5.92 Å². The molecule has 1 fully saturated rings. The zero-order valence-electron chi connectivity index (χ0n) is 22.1. The minimum atomic E-state index is -4.27. The number of benzene rings is 2. The number of ether oxygens (including phenoxy) is 1. The first kappa shape index (κ1) is 29.3. The summed E-state index contributed by atoms with van der Waals surface area (Å²) in [6.45, 7) is 1.44. The molecule has 2 unspecified atom stereocenters. The van der Waals surface area contributed by atoms with E-state index in [0.29, 0.717) is 16.6 Å². The van der Waals surface area contributed by atoms with Crippen LogP contribution in [0.25, 0.3) is 22.0 Å². The summed E-state index contributed by atoms with van der Waals surface area (Å²) in [6.07, 6.45) is 2.29. The van der Waals surface area contributed by atoms with Crippen molar-refractivity contribution in [2.75, 3.05) is 11.8 Å². The van der Waals surface area contributed by atoms with Crippen LogP contribution in [0.5, 0.6) is 5.88 Å². The fourth-order valence-electron chi connectivity index (χ4n) is 4.27. The predicted molar refractivity (Wildman–Crippen MR) is 149 cm³/mol. The van der Waals surface area contributed by atoms with E-state index >= 15 is 0 Å². The normalized spacial score (nSPS) is 16.6. The molecule has 0 saturated heterocycles. The summed E-state index contributed by atoms with van der Waals surface area (Å²) >= 11 is 5.95. The van der Waals surface area contributed by atoms with Crippen molar-refractivity contribution in [3.8, 4) is 17.0 Å². The highest BCUT2D eigenvalue weighted by Crippen LogP contribution is 2.41.